The van der Waals surface area contributed by atoms with Crippen LogP contribution in [0.2, 0.25) is 0 Å². The van der Waals surface area contributed by atoms with E-state index in [4.69, 9.17) is 8.22 Å². The molecule has 0 rings (SSSR count). The Morgan fingerprint density at radius 2 is 3.00 bits per heavy atom. The van der Waals surface area contributed by atoms with E-state index in [-0.39, 0.29) is 0 Å². The van der Waals surface area contributed by atoms with Gasteiger partial charge in [-0.2, -0.15) is 0 Å². The normalized spacial score (nSPS) is 32.8. The molecule has 0 saturated carbocycles. The minimum absolute atomic E-state index is 1.08. The lowest BCUT2D eigenvalue weighted by Crippen LogP contribution is -1.50. The maximum Gasteiger partial charge on any atom is 0.142 e. The summed E-state index contributed by atoms with van der Waals surface area (Å²) < 4.78 is 39.6. The van der Waals surface area contributed by atoms with Gasteiger partial charge in [0, 0.05) is 4.11 Å². The lowest BCUT2D eigenvalue weighted by Gasteiger charge is -1.51. The van der Waals surface area contributed by atoms with E-state index >= 15 is 0 Å². The fourth-order valence-electron chi connectivity index (χ4n) is 0.0255. The Hall–Kier alpha value is -0.590. The molecule has 0 heterocycles. The molecule has 0 aliphatic heterocycles. The van der Waals surface area contributed by atoms with E-state index in [1.54, 1.807) is 0 Å². The van der Waals surface area contributed by atoms with Crippen molar-refractivity contribution >= 4 is 6.26 Å². The van der Waals surface area contributed by atoms with E-state index in [0.29, 0.717) is 0 Å². The molecule has 0 aromatic heterocycles. The molecular weight excluding hydrogens is 64.0 g/mol. The highest BCUT2D eigenvalue weighted by molar-refractivity contribution is 5.64. The Morgan fingerprint density at radius 1 is 2.20 bits per heavy atom. The van der Waals surface area contributed by atoms with Crippen molar-refractivity contribution in [3.8, 4) is 0 Å². The monoisotopic (exact) mass is 76.1 g/mol. The van der Waals surface area contributed by atoms with Gasteiger partial charge < -0.3 is 0 Å². The SMILES string of the molecule is [2H]C(=O)/C([2H])=C(\[2H])C([2H])([2H])[2H]. The van der Waals surface area contributed by atoms with Crippen molar-refractivity contribution in [3.05, 3.63) is 12.1 Å². The average molecular weight is 76.1 g/mol. The predicted octanol–water partition coefficient (Wildman–Crippen LogP) is 0.761. The van der Waals surface area contributed by atoms with E-state index < -0.39 is 25.2 Å². The van der Waals surface area contributed by atoms with Gasteiger partial charge in [0.25, 0.3) is 0 Å². The van der Waals surface area contributed by atoms with Crippen LogP contribution in [0.15, 0.2) is 12.1 Å². The summed E-state index contributed by atoms with van der Waals surface area (Å²) in [7, 11) is 0. The molecule has 1 nitrogen and oxygen atoms in total. The lowest BCUT2D eigenvalue weighted by atomic mass is 10.6. The summed E-state index contributed by atoms with van der Waals surface area (Å²) >= 11 is 0. The summed E-state index contributed by atoms with van der Waals surface area (Å²) in [6, 6.07) is -2.16. The molecule has 0 spiro atoms. The van der Waals surface area contributed by atoms with Crippen LogP contribution < -0.4 is 0 Å². The maximum atomic E-state index is 10.1. The minimum atomic E-state index is -2.77. The van der Waals surface area contributed by atoms with Crippen molar-refractivity contribution in [2.45, 2.75) is 6.85 Å². The first-order valence-corrected chi connectivity index (χ1v) is 0.954. The van der Waals surface area contributed by atoms with Crippen molar-refractivity contribution < 1.29 is 13.0 Å². The van der Waals surface area contributed by atoms with E-state index in [2.05, 4.69) is 0 Å². The highest BCUT2D eigenvalue weighted by Crippen LogP contribution is 1.55. The smallest absolute Gasteiger partial charge is 0.142 e. The molecule has 0 aliphatic carbocycles. The van der Waals surface area contributed by atoms with Crippen LogP contribution in [0.3, 0.4) is 0 Å². The molecule has 0 radical (unpaired) electrons. The average Bonchev–Trinajstić information content (AvgIpc) is 1.82. The summed E-state index contributed by atoms with van der Waals surface area (Å²) in [6.07, 6.45) is -1.45. The van der Waals surface area contributed by atoms with Crippen LogP contribution in [-0.2, 0) is 4.79 Å². The molecule has 0 N–H and O–H groups in total. The fraction of sp³-hybridized carbons (Fsp3) is 0.250. The standard InChI is InChI=1S/C4H6O/c1-2-3-4-5/h2-4H,1H3/b3-2+/i1D3,2D,3D,4D. The summed E-state index contributed by atoms with van der Waals surface area (Å²) in [6.45, 7) is -2.77. The molecule has 0 atom stereocenters. The Kier molecular flexibility index (Phi) is 0.395. The van der Waals surface area contributed by atoms with Crippen LogP contribution in [0, 0.1) is 0 Å². The zero-order chi connectivity index (χ0) is 9.23. The van der Waals surface area contributed by atoms with Crippen LogP contribution in [0.1, 0.15) is 15.1 Å². The molecule has 0 amide bonds. The van der Waals surface area contributed by atoms with Gasteiger partial charge in [-0.25, -0.2) is 0 Å². The highest BCUT2D eigenvalue weighted by Gasteiger charge is 1.48. The molecule has 0 saturated heterocycles. The minimum Gasteiger partial charge on any atom is -0.299 e. The first-order valence-electron chi connectivity index (χ1n) is 3.95. The third-order valence-electron chi connectivity index (χ3n) is 0.114. The molecule has 0 bridgehead atoms. The predicted molar refractivity (Wildman–Crippen MR) is 20.9 cm³/mol. The number of hydrogen-bond donors (Lipinski definition) is 0. The summed E-state index contributed by atoms with van der Waals surface area (Å²) in [5.74, 6) is 0. The summed E-state index contributed by atoms with van der Waals surface area (Å²) in [5, 5.41) is 0. The number of hydrogen-bond acceptors (Lipinski definition) is 1. The van der Waals surface area contributed by atoms with Crippen LogP contribution in [0.4, 0.5) is 0 Å². The third-order valence-corrected chi connectivity index (χ3v) is 0.114. The first-order chi connectivity index (χ1) is 4.76. The Labute approximate surface area is 39.7 Å². The van der Waals surface area contributed by atoms with E-state index in [0.717, 1.165) is 0 Å². The van der Waals surface area contributed by atoms with Crippen molar-refractivity contribution in [2.75, 3.05) is 0 Å². The van der Waals surface area contributed by atoms with Crippen molar-refractivity contribution in [2.24, 2.45) is 0 Å². The second-order valence-corrected chi connectivity index (χ2v) is 0.352. The van der Waals surface area contributed by atoms with Crippen LogP contribution in [0.5, 0.6) is 0 Å². The third kappa shape index (κ3) is 3.41. The lowest BCUT2D eigenvalue weighted by molar-refractivity contribution is -0.104. The van der Waals surface area contributed by atoms with Crippen LogP contribution in [-0.4, -0.2) is 6.26 Å². The van der Waals surface area contributed by atoms with Gasteiger partial charge in [-0.15, -0.1) is 0 Å². The number of rotatable bonds is 1. The van der Waals surface area contributed by atoms with Gasteiger partial charge in [0.2, 0.25) is 0 Å². The van der Waals surface area contributed by atoms with Gasteiger partial charge in [-0.05, 0) is 12.9 Å². The van der Waals surface area contributed by atoms with E-state index in [1.807, 2.05) is 0 Å². The van der Waals surface area contributed by atoms with E-state index in [1.165, 1.54) is 0 Å². The highest BCUT2D eigenvalue weighted by atomic mass is 16.1. The van der Waals surface area contributed by atoms with Gasteiger partial charge in [-0.1, -0.05) is 6.05 Å². The number of carbonyl (C=O) groups excluding carboxylic acids is 1. The van der Waals surface area contributed by atoms with Crippen molar-refractivity contribution in [1.82, 2.24) is 0 Å². The molecule has 0 aliphatic rings. The molecule has 0 aromatic carbocycles. The second kappa shape index (κ2) is 3.41. The fourth-order valence-corrected chi connectivity index (χ4v) is 0.0255. The Morgan fingerprint density at radius 3 is 3.20 bits per heavy atom. The summed E-state index contributed by atoms with van der Waals surface area (Å²) in [5.41, 5.74) is 0. The molecular formula is C4H6O. The number of aldehydes is 1. The Balaban J connectivity index is 4.82. The van der Waals surface area contributed by atoms with Gasteiger partial charge in [0.1, 0.15) is 7.63 Å². The zero-order valence-electron chi connectivity index (χ0n) is 8.41. The zero-order valence-corrected chi connectivity index (χ0v) is 2.41. The van der Waals surface area contributed by atoms with Gasteiger partial charge in [-0.3, -0.25) is 4.79 Å². The molecule has 0 unspecified atom stereocenters. The van der Waals surface area contributed by atoms with Crippen molar-refractivity contribution in [3.63, 3.8) is 0 Å². The Bertz CT molecular complexity index is 201. The maximum absolute atomic E-state index is 10.1. The topological polar surface area (TPSA) is 17.1 Å². The first kappa shape index (κ1) is 0.579. The quantitative estimate of drug-likeness (QED) is 0.333. The summed E-state index contributed by atoms with van der Waals surface area (Å²) in [4.78, 5) is 10.1. The van der Waals surface area contributed by atoms with Crippen molar-refractivity contribution in [1.29, 1.82) is 0 Å². The molecule has 1 heteroatoms. The number of allylic oxidation sites excluding steroid dienone is 2. The largest absolute Gasteiger partial charge is 0.299 e. The molecule has 0 aromatic rings. The van der Waals surface area contributed by atoms with E-state index in [9.17, 15) is 4.79 Å². The molecule has 0 fully saturated rings. The molecule has 28 valence electrons. The van der Waals surface area contributed by atoms with Gasteiger partial charge in [0.15, 0.2) is 0 Å². The molecule has 5 heavy (non-hydrogen) atoms. The van der Waals surface area contributed by atoms with Gasteiger partial charge in [0.05, 0.1) is 2.74 Å². The van der Waals surface area contributed by atoms with Gasteiger partial charge >= 0.3 is 0 Å². The van der Waals surface area contributed by atoms with Crippen LogP contribution in [0.25, 0.3) is 0 Å². The number of carbonyl (C=O) groups is 1. The second-order valence-electron chi connectivity index (χ2n) is 0.352. The van der Waals surface area contributed by atoms with Crippen LogP contribution >= 0.6 is 0 Å².